The Morgan fingerprint density at radius 2 is 1.75 bits per heavy atom. The first-order chi connectivity index (χ1) is 11.3. The Hall–Kier alpha value is -1.86. The second-order valence-electron chi connectivity index (χ2n) is 6.54. The Kier molecular flexibility index (Phi) is 4.40. The lowest BCUT2D eigenvalue weighted by Gasteiger charge is -2.33. The van der Waals surface area contributed by atoms with Gasteiger partial charge in [-0.1, -0.05) is 6.07 Å². The summed E-state index contributed by atoms with van der Waals surface area (Å²) in [4.78, 5) is 14.5. The SMILES string of the molecule is CC(C)n1ccc2ccc(C(=O)N3CCN(S(C)(=O)=O)CC3)cc21. The van der Waals surface area contributed by atoms with E-state index in [1.54, 1.807) is 4.90 Å². The Morgan fingerprint density at radius 1 is 1.08 bits per heavy atom. The lowest BCUT2D eigenvalue weighted by atomic mass is 10.1. The zero-order chi connectivity index (χ0) is 17.5. The third-order valence-electron chi connectivity index (χ3n) is 4.52. The van der Waals surface area contributed by atoms with Gasteiger partial charge in [0.1, 0.15) is 0 Å². The molecule has 0 radical (unpaired) electrons. The molecule has 1 aromatic heterocycles. The molecule has 24 heavy (non-hydrogen) atoms. The quantitative estimate of drug-likeness (QED) is 0.851. The van der Waals surface area contributed by atoms with E-state index >= 15 is 0 Å². The van der Waals surface area contributed by atoms with Crippen molar-refractivity contribution in [3.63, 3.8) is 0 Å². The van der Waals surface area contributed by atoms with Gasteiger partial charge in [-0.05, 0) is 37.4 Å². The summed E-state index contributed by atoms with van der Waals surface area (Å²) in [7, 11) is -3.18. The van der Waals surface area contributed by atoms with Gasteiger partial charge in [-0.15, -0.1) is 0 Å². The number of benzene rings is 1. The maximum absolute atomic E-state index is 12.8. The molecule has 1 amide bonds. The summed E-state index contributed by atoms with van der Waals surface area (Å²) in [5.41, 5.74) is 1.70. The molecule has 130 valence electrons. The Balaban J connectivity index is 1.81. The standard InChI is InChI=1S/C17H23N3O3S/c1-13(2)20-7-6-14-4-5-15(12-16(14)20)17(21)18-8-10-19(11-9-18)24(3,22)23/h4-7,12-13H,8-11H2,1-3H3. The molecule has 0 unspecified atom stereocenters. The molecule has 0 saturated carbocycles. The molecule has 0 aliphatic carbocycles. The summed E-state index contributed by atoms with van der Waals surface area (Å²) < 4.78 is 26.7. The van der Waals surface area contributed by atoms with Crippen molar-refractivity contribution in [2.24, 2.45) is 0 Å². The molecule has 3 rings (SSSR count). The van der Waals surface area contributed by atoms with Crippen LogP contribution in [0.5, 0.6) is 0 Å². The average molecular weight is 349 g/mol. The van der Waals surface area contributed by atoms with Gasteiger partial charge in [0.25, 0.3) is 5.91 Å². The van der Waals surface area contributed by atoms with Crippen LogP contribution in [0.4, 0.5) is 0 Å². The molecule has 2 heterocycles. The maximum atomic E-state index is 12.8. The number of amides is 1. The number of sulfonamides is 1. The summed E-state index contributed by atoms with van der Waals surface area (Å²) in [5, 5.41) is 1.11. The van der Waals surface area contributed by atoms with Crippen molar-refractivity contribution in [1.29, 1.82) is 0 Å². The highest BCUT2D eigenvalue weighted by Crippen LogP contribution is 2.22. The van der Waals surface area contributed by atoms with E-state index in [-0.39, 0.29) is 5.91 Å². The minimum absolute atomic E-state index is 0.0402. The van der Waals surface area contributed by atoms with E-state index in [2.05, 4.69) is 24.5 Å². The van der Waals surface area contributed by atoms with Crippen molar-refractivity contribution in [2.75, 3.05) is 32.4 Å². The molecule has 0 atom stereocenters. The van der Waals surface area contributed by atoms with E-state index in [9.17, 15) is 13.2 Å². The Labute approximate surface area is 142 Å². The van der Waals surface area contributed by atoms with Gasteiger partial charge in [0, 0.05) is 49.5 Å². The number of aromatic nitrogens is 1. The normalized spacial score (nSPS) is 16.9. The molecule has 0 bridgehead atoms. The predicted molar refractivity (Wildman–Crippen MR) is 94.6 cm³/mol. The van der Waals surface area contributed by atoms with Gasteiger partial charge in [-0.3, -0.25) is 4.79 Å². The second kappa shape index (κ2) is 6.22. The lowest BCUT2D eigenvalue weighted by molar-refractivity contribution is 0.0698. The van der Waals surface area contributed by atoms with Crippen molar-refractivity contribution < 1.29 is 13.2 Å². The zero-order valence-electron chi connectivity index (χ0n) is 14.3. The molecule has 2 aromatic rings. The lowest BCUT2D eigenvalue weighted by Crippen LogP contribution is -2.50. The Morgan fingerprint density at radius 3 is 2.33 bits per heavy atom. The van der Waals surface area contributed by atoms with Crippen LogP contribution < -0.4 is 0 Å². The highest BCUT2D eigenvalue weighted by atomic mass is 32.2. The first kappa shape index (κ1) is 17.0. The van der Waals surface area contributed by atoms with Gasteiger partial charge >= 0.3 is 0 Å². The average Bonchev–Trinajstić information content (AvgIpc) is 2.96. The van der Waals surface area contributed by atoms with Crippen LogP contribution in [0.1, 0.15) is 30.2 Å². The number of piperazine rings is 1. The molecule has 0 spiro atoms. The fraction of sp³-hybridized carbons (Fsp3) is 0.471. The van der Waals surface area contributed by atoms with Crippen LogP contribution in [-0.4, -0.2) is 60.5 Å². The molecule has 1 aromatic carbocycles. The zero-order valence-corrected chi connectivity index (χ0v) is 15.1. The third-order valence-corrected chi connectivity index (χ3v) is 5.82. The number of carbonyl (C=O) groups excluding carboxylic acids is 1. The largest absolute Gasteiger partial charge is 0.345 e. The minimum Gasteiger partial charge on any atom is -0.345 e. The van der Waals surface area contributed by atoms with Gasteiger partial charge in [-0.25, -0.2) is 8.42 Å². The first-order valence-corrected chi connectivity index (χ1v) is 9.97. The fourth-order valence-electron chi connectivity index (χ4n) is 3.14. The third kappa shape index (κ3) is 3.18. The van der Waals surface area contributed by atoms with E-state index in [4.69, 9.17) is 0 Å². The number of hydrogen-bond donors (Lipinski definition) is 0. The number of rotatable bonds is 3. The van der Waals surface area contributed by atoms with Gasteiger partial charge < -0.3 is 9.47 Å². The molecular weight excluding hydrogens is 326 g/mol. The van der Waals surface area contributed by atoms with Crippen LogP contribution in [0.25, 0.3) is 10.9 Å². The molecule has 6 nitrogen and oxygen atoms in total. The van der Waals surface area contributed by atoms with Crippen molar-refractivity contribution in [3.8, 4) is 0 Å². The fourth-order valence-corrected chi connectivity index (χ4v) is 3.96. The van der Waals surface area contributed by atoms with Crippen LogP contribution in [0.3, 0.4) is 0 Å². The van der Waals surface area contributed by atoms with Gasteiger partial charge in [0.05, 0.1) is 6.26 Å². The smallest absolute Gasteiger partial charge is 0.254 e. The summed E-state index contributed by atoms with van der Waals surface area (Å²) in [6.45, 7) is 5.78. The molecule has 1 saturated heterocycles. The molecule has 1 aliphatic heterocycles. The number of nitrogens with zero attached hydrogens (tertiary/aromatic N) is 3. The van der Waals surface area contributed by atoms with E-state index in [1.807, 2.05) is 24.4 Å². The van der Waals surface area contributed by atoms with E-state index in [1.165, 1.54) is 10.6 Å². The number of fused-ring (bicyclic) bond motifs is 1. The topological polar surface area (TPSA) is 62.6 Å². The van der Waals surface area contributed by atoms with E-state index in [0.717, 1.165) is 10.9 Å². The van der Waals surface area contributed by atoms with Crippen molar-refractivity contribution in [3.05, 3.63) is 36.0 Å². The molecule has 1 fully saturated rings. The summed E-state index contributed by atoms with van der Waals surface area (Å²) in [6.07, 6.45) is 3.24. The minimum atomic E-state index is -3.18. The maximum Gasteiger partial charge on any atom is 0.254 e. The van der Waals surface area contributed by atoms with E-state index < -0.39 is 10.0 Å². The van der Waals surface area contributed by atoms with Gasteiger partial charge in [0.15, 0.2) is 0 Å². The van der Waals surface area contributed by atoms with Gasteiger partial charge in [-0.2, -0.15) is 4.31 Å². The van der Waals surface area contributed by atoms with Crippen molar-refractivity contribution >= 4 is 26.8 Å². The number of hydrogen-bond acceptors (Lipinski definition) is 3. The van der Waals surface area contributed by atoms with Crippen LogP contribution in [0, 0.1) is 0 Å². The Bertz CT molecular complexity index is 862. The van der Waals surface area contributed by atoms with Crippen molar-refractivity contribution in [2.45, 2.75) is 19.9 Å². The predicted octanol–water partition coefficient (Wildman–Crippen LogP) is 1.94. The van der Waals surface area contributed by atoms with Crippen LogP contribution >= 0.6 is 0 Å². The highest BCUT2D eigenvalue weighted by Gasteiger charge is 2.26. The molecule has 0 N–H and O–H groups in total. The summed E-state index contributed by atoms with van der Waals surface area (Å²) in [5.74, 6) is -0.0402. The summed E-state index contributed by atoms with van der Waals surface area (Å²) >= 11 is 0. The van der Waals surface area contributed by atoms with Crippen molar-refractivity contribution in [1.82, 2.24) is 13.8 Å². The monoisotopic (exact) mass is 349 g/mol. The second-order valence-corrected chi connectivity index (χ2v) is 8.53. The van der Waals surface area contributed by atoms with E-state index in [0.29, 0.717) is 37.8 Å². The van der Waals surface area contributed by atoms with Crippen LogP contribution in [-0.2, 0) is 10.0 Å². The van der Waals surface area contributed by atoms with Crippen LogP contribution in [0.2, 0.25) is 0 Å². The van der Waals surface area contributed by atoms with Crippen LogP contribution in [0.15, 0.2) is 30.5 Å². The molecular formula is C17H23N3O3S. The molecule has 1 aliphatic rings. The first-order valence-electron chi connectivity index (χ1n) is 8.12. The number of carbonyl (C=O) groups is 1. The van der Waals surface area contributed by atoms with Gasteiger partial charge in [0.2, 0.25) is 10.0 Å². The highest BCUT2D eigenvalue weighted by molar-refractivity contribution is 7.88. The molecule has 7 heteroatoms. The summed E-state index contributed by atoms with van der Waals surface area (Å²) in [6, 6.07) is 8.12.